The fourth-order valence-corrected chi connectivity index (χ4v) is 2.60. The van der Waals surface area contributed by atoms with Crippen molar-refractivity contribution in [2.45, 2.75) is 31.9 Å². The Balaban J connectivity index is 1.94. The molecule has 1 aromatic carbocycles. The summed E-state index contributed by atoms with van der Waals surface area (Å²) in [4.78, 5) is 4.69. The van der Waals surface area contributed by atoms with E-state index in [-0.39, 0.29) is 0 Å². The van der Waals surface area contributed by atoms with Crippen molar-refractivity contribution in [3.63, 3.8) is 0 Å². The summed E-state index contributed by atoms with van der Waals surface area (Å²) in [6.45, 7) is 1.47. The standard InChI is InChI=1S/C14H19N3O/c1-17-13-7-10(9-15)4-5-12(13)16-14(17)8-11-3-2-6-18-11/h4-5,7,11H,2-3,6,8-9,15H2,1H3. The largest absolute Gasteiger partial charge is 0.378 e. The smallest absolute Gasteiger partial charge is 0.112 e. The summed E-state index contributed by atoms with van der Waals surface area (Å²) in [5.74, 6) is 1.10. The molecule has 2 heterocycles. The zero-order valence-corrected chi connectivity index (χ0v) is 10.7. The second kappa shape index (κ2) is 4.71. The molecule has 4 nitrogen and oxygen atoms in total. The van der Waals surface area contributed by atoms with Crippen LogP contribution in [0.5, 0.6) is 0 Å². The van der Waals surface area contributed by atoms with Gasteiger partial charge in [-0.2, -0.15) is 0 Å². The number of aromatic nitrogens is 2. The molecule has 1 saturated heterocycles. The topological polar surface area (TPSA) is 53.1 Å². The van der Waals surface area contributed by atoms with E-state index in [2.05, 4.69) is 23.7 Å². The number of aryl methyl sites for hydroxylation is 1. The van der Waals surface area contributed by atoms with Crippen molar-refractivity contribution in [1.29, 1.82) is 0 Å². The molecule has 1 atom stereocenters. The predicted octanol–water partition coefficient (Wildman–Crippen LogP) is 1.75. The molecular weight excluding hydrogens is 226 g/mol. The second-order valence-corrected chi connectivity index (χ2v) is 4.95. The van der Waals surface area contributed by atoms with Crippen molar-refractivity contribution in [3.05, 3.63) is 29.6 Å². The number of fused-ring (bicyclic) bond motifs is 1. The lowest BCUT2D eigenvalue weighted by Gasteiger charge is -2.08. The van der Waals surface area contributed by atoms with Crippen LogP contribution in [0.2, 0.25) is 0 Å². The third-order valence-corrected chi connectivity index (χ3v) is 3.71. The molecule has 0 bridgehead atoms. The molecule has 4 heteroatoms. The Hall–Kier alpha value is -1.39. The molecule has 0 saturated carbocycles. The van der Waals surface area contributed by atoms with Gasteiger partial charge in [0.1, 0.15) is 5.82 Å². The van der Waals surface area contributed by atoms with E-state index in [1.807, 2.05) is 6.07 Å². The molecule has 1 fully saturated rings. The SMILES string of the molecule is Cn1c(CC2CCCO2)nc2ccc(CN)cc21. The van der Waals surface area contributed by atoms with Gasteiger partial charge in [0, 0.05) is 26.6 Å². The molecule has 0 spiro atoms. The monoisotopic (exact) mass is 245 g/mol. The molecule has 0 radical (unpaired) electrons. The lowest BCUT2D eigenvalue weighted by molar-refractivity contribution is 0.109. The minimum Gasteiger partial charge on any atom is -0.378 e. The maximum Gasteiger partial charge on any atom is 0.112 e. The molecule has 2 N–H and O–H groups in total. The predicted molar refractivity (Wildman–Crippen MR) is 71.3 cm³/mol. The van der Waals surface area contributed by atoms with E-state index < -0.39 is 0 Å². The van der Waals surface area contributed by atoms with Crippen LogP contribution < -0.4 is 5.73 Å². The molecule has 0 amide bonds. The van der Waals surface area contributed by atoms with Gasteiger partial charge in [0.15, 0.2) is 0 Å². The van der Waals surface area contributed by atoms with Crippen molar-refractivity contribution < 1.29 is 4.74 Å². The van der Waals surface area contributed by atoms with E-state index in [0.717, 1.165) is 41.9 Å². The van der Waals surface area contributed by atoms with Crippen LogP contribution in [0, 0.1) is 0 Å². The lowest BCUT2D eigenvalue weighted by atomic mass is 10.2. The van der Waals surface area contributed by atoms with Crippen molar-refractivity contribution >= 4 is 11.0 Å². The average molecular weight is 245 g/mol. The van der Waals surface area contributed by atoms with Crippen molar-refractivity contribution in [2.75, 3.05) is 6.61 Å². The van der Waals surface area contributed by atoms with Crippen molar-refractivity contribution in [1.82, 2.24) is 9.55 Å². The maximum absolute atomic E-state index is 5.68. The molecule has 2 aromatic rings. The summed E-state index contributed by atoms with van der Waals surface area (Å²) in [6.07, 6.45) is 3.57. The fourth-order valence-electron chi connectivity index (χ4n) is 2.60. The molecule has 3 rings (SSSR count). The first kappa shape index (κ1) is 11.7. The van der Waals surface area contributed by atoms with E-state index >= 15 is 0 Å². The van der Waals surface area contributed by atoms with Gasteiger partial charge in [-0.1, -0.05) is 6.07 Å². The molecule has 1 aromatic heterocycles. The lowest BCUT2D eigenvalue weighted by Crippen LogP contribution is -2.12. The Labute approximate surface area is 107 Å². The number of ether oxygens (including phenoxy) is 1. The van der Waals surface area contributed by atoms with Crippen molar-refractivity contribution in [3.8, 4) is 0 Å². The Morgan fingerprint density at radius 1 is 1.50 bits per heavy atom. The minimum atomic E-state index is 0.342. The van der Waals surface area contributed by atoms with Gasteiger partial charge in [0.25, 0.3) is 0 Å². The van der Waals surface area contributed by atoms with Gasteiger partial charge in [-0.3, -0.25) is 0 Å². The Morgan fingerprint density at radius 2 is 2.39 bits per heavy atom. The van der Waals surface area contributed by atoms with Gasteiger partial charge in [-0.25, -0.2) is 4.98 Å². The van der Waals surface area contributed by atoms with Crippen LogP contribution in [0.3, 0.4) is 0 Å². The Morgan fingerprint density at radius 3 is 3.11 bits per heavy atom. The summed E-state index contributed by atoms with van der Waals surface area (Å²) in [6, 6.07) is 6.23. The first-order valence-corrected chi connectivity index (χ1v) is 6.54. The van der Waals surface area contributed by atoms with E-state index in [0.29, 0.717) is 12.6 Å². The van der Waals surface area contributed by atoms with Crippen LogP contribution in [0.1, 0.15) is 24.2 Å². The van der Waals surface area contributed by atoms with E-state index in [9.17, 15) is 0 Å². The van der Waals surface area contributed by atoms with Gasteiger partial charge in [0.05, 0.1) is 17.1 Å². The molecular formula is C14H19N3O. The normalized spacial score (nSPS) is 19.8. The van der Waals surface area contributed by atoms with Gasteiger partial charge in [-0.15, -0.1) is 0 Å². The van der Waals surface area contributed by atoms with Crippen LogP contribution >= 0.6 is 0 Å². The number of hydrogen-bond donors (Lipinski definition) is 1. The second-order valence-electron chi connectivity index (χ2n) is 4.95. The zero-order valence-electron chi connectivity index (χ0n) is 10.7. The third-order valence-electron chi connectivity index (χ3n) is 3.71. The highest BCUT2D eigenvalue weighted by molar-refractivity contribution is 5.76. The van der Waals surface area contributed by atoms with Crippen LogP contribution in [0.4, 0.5) is 0 Å². The summed E-state index contributed by atoms with van der Waals surface area (Å²) in [5.41, 5.74) is 9.03. The summed E-state index contributed by atoms with van der Waals surface area (Å²) in [5, 5.41) is 0. The third kappa shape index (κ3) is 2.02. The first-order chi connectivity index (χ1) is 8.78. The van der Waals surface area contributed by atoms with Gasteiger partial charge in [-0.05, 0) is 30.5 Å². The first-order valence-electron chi connectivity index (χ1n) is 6.54. The Bertz CT molecular complexity index is 555. The number of benzene rings is 1. The highest BCUT2D eigenvalue weighted by atomic mass is 16.5. The van der Waals surface area contributed by atoms with Gasteiger partial charge in [0.2, 0.25) is 0 Å². The number of imidazole rings is 1. The van der Waals surface area contributed by atoms with E-state index in [1.165, 1.54) is 6.42 Å². The fraction of sp³-hybridized carbons (Fsp3) is 0.500. The highest BCUT2D eigenvalue weighted by Crippen LogP contribution is 2.21. The van der Waals surface area contributed by atoms with Crippen molar-refractivity contribution in [2.24, 2.45) is 12.8 Å². The number of nitrogens with zero attached hydrogens (tertiary/aromatic N) is 2. The van der Waals surface area contributed by atoms with Crippen LogP contribution in [-0.2, 0) is 24.8 Å². The molecule has 1 aliphatic rings. The van der Waals surface area contributed by atoms with Gasteiger partial charge >= 0.3 is 0 Å². The minimum absolute atomic E-state index is 0.342. The highest BCUT2D eigenvalue weighted by Gasteiger charge is 2.19. The number of nitrogens with two attached hydrogens (primary N) is 1. The molecule has 1 aliphatic heterocycles. The number of rotatable bonds is 3. The average Bonchev–Trinajstić information content (AvgIpc) is 2.99. The molecule has 96 valence electrons. The Kier molecular flexibility index (Phi) is 3.06. The van der Waals surface area contributed by atoms with Gasteiger partial charge < -0.3 is 15.0 Å². The molecule has 18 heavy (non-hydrogen) atoms. The zero-order chi connectivity index (χ0) is 12.5. The van der Waals surface area contributed by atoms with Crippen LogP contribution in [0.25, 0.3) is 11.0 Å². The van der Waals surface area contributed by atoms with Crippen LogP contribution in [0.15, 0.2) is 18.2 Å². The van der Waals surface area contributed by atoms with E-state index in [4.69, 9.17) is 15.5 Å². The van der Waals surface area contributed by atoms with Crippen LogP contribution in [-0.4, -0.2) is 22.3 Å². The summed E-state index contributed by atoms with van der Waals surface area (Å²) >= 11 is 0. The maximum atomic E-state index is 5.68. The number of hydrogen-bond acceptors (Lipinski definition) is 3. The quantitative estimate of drug-likeness (QED) is 0.896. The van der Waals surface area contributed by atoms with E-state index in [1.54, 1.807) is 0 Å². The molecule has 0 aliphatic carbocycles. The summed E-state index contributed by atoms with van der Waals surface area (Å²) in [7, 11) is 2.07. The molecule has 1 unspecified atom stereocenters. The summed E-state index contributed by atoms with van der Waals surface area (Å²) < 4.78 is 7.84.